The zero-order valence-corrected chi connectivity index (χ0v) is 13.3. The topological polar surface area (TPSA) is 123 Å². The number of carbonyl (C=O) groups is 1. The summed E-state index contributed by atoms with van der Waals surface area (Å²) >= 11 is 1.04. The Hall–Kier alpha value is -1.71. The normalized spacial score (nSPS) is 13.5. The second-order valence-electron chi connectivity index (χ2n) is 4.59. The Morgan fingerprint density at radius 3 is 2.68 bits per heavy atom. The van der Waals surface area contributed by atoms with Crippen molar-refractivity contribution in [3.63, 3.8) is 0 Å². The number of nitrogens with zero attached hydrogens (tertiary/aromatic N) is 2. The summed E-state index contributed by atoms with van der Waals surface area (Å²) < 4.78 is 4.84. The lowest BCUT2D eigenvalue weighted by Gasteiger charge is -2.19. The molecule has 122 valence electrons. The lowest BCUT2D eigenvalue weighted by molar-refractivity contribution is -0.386. The minimum absolute atomic E-state index is 0.0837. The van der Waals surface area contributed by atoms with Crippen molar-refractivity contribution in [1.82, 2.24) is 4.98 Å². The molecule has 0 aliphatic heterocycles. The molecule has 0 amide bonds. The maximum Gasteiger partial charge on any atom is 0.334 e. The van der Waals surface area contributed by atoms with Crippen molar-refractivity contribution in [2.45, 2.75) is 32.5 Å². The number of ether oxygens (including phenoxy) is 1. The van der Waals surface area contributed by atoms with E-state index in [9.17, 15) is 25.1 Å². The SMILES string of the molecule is COc1ncc(C(O)C(O)CCSC(C)=O)c(C)c1[N+](=O)[O-]. The summed E-state index contributed by atoms with van der Waals surface area (Å²) in [5, 5.41) is 31.1. The number of carbonyl (C=O) groups excluding carboxylic acids is 1. The molecule has 1 aromatic rings. The predicted octanol–water partition coefficient (Wildman–Crippen LogP) is 1.37. The van der Waals surface area contributed by atoms with Gasteiger partial charge in [-0.25, -0.2) is 4.98 Å². The minimum Gasteiger partial charge on any atom is -0.476 e. The van der Waals surface area contributed by atoms with E-state index < -0.39 is 17.1 Å². The van der Waals surface area contributed by atoms with Crippen LogP contribution in [-0.2, 0) is 4.79 Å². The van der Waals surface area contributed by atoms with Crippen LogP contribution >= 0.6 is 11.8 Å². The number of thioether (sulfide) groups is 1. The van der Waals surface area contributed by atoms with Crippen LogP contribution in [0.5, 0.6) is 5.88 Å². The van der Waals surface area contributed by atoms with E-state index in [1.807, 2.05) is 0 Å². The number of hydrogen-bond donors (Lipinski definition) is 2. The molecule has 9 heteroatoms. The summed E-state index contributed by atoms with van der Waals surface area (Å²) in [6.45, 7) is 2.87. The standard InChI is InChI=1S/C13H18N2O6S/c1-7-9(6-14-13(21-3)11(7)15(19)20)12(18)10(17)4-5-22-8(2)16/h6,10,12,17-18H,4-5H2,1-3H3. The molecule has 1 aromatic heterocycles. The number of hydrogen-bond acceptors (Lipinski definition) is 8. The van der Waals surface area contributed by atoms with Gasteiger partial charge in [0.1, 0.15) is 6.10 Å². The highest BCUT2D eigenvalue weighted by Crippen LogP contribution is 2.34. The highest BCUT2D eigenvalue weighted by atomic mass is 32.2. The third kappa shape index (κ3) is 4.39. The zero-order chi connectivity index (χ0) is 16.9. The van der Waals surface area contributed by atoms with Gasteiger partial charge in [0.2, 0.25) is 0 Å². The second-order valence-corrected chi connectivity index (χ2v) is 5.87. The molecule has 0 bridgehead atoms. The van der Waals surface area contributed by atoms with E-state index in [0.29, 0.717) is 5.75 Å². The van der Waals surface area contributed by atoms with Crippen LogP contribution in [0, 0.1) is 17.0 Å². The molecule has 2 atom stereocenters. The van der Waals surface area contributed by atoms with Gasteiger partial charge in [-0.1, -0.05) is 11.8 Å². The number of aromatic nitrogens is 1. The van der Waals surface area contributed by atoms with Gasteiger partial charge < -0.3 is 14.9 Å². The third-order valence-corrected chi connectivity index (χ3v) is 3.94. The highest BCUT2D eigenvalue weighted by Gasteiger charge is 2.28. The molecule has 1 rings (SSSR count). The van der Waals surface area contributed by atoms with Gasteiger partial charge in [-0.15, -0.1) is 0 Å². The quantitative estimate of drug-likeness (QED) is 0.567. The van der Waals surface area contributed by atoms with Crippen molar-refractivity contribution in [2.24, 2.45) is 0 Å². The fourth-order valence-corrected chi connectivity index (χ4v) is 2.58. The maximum absolute atomic E-state index is 11.1. The van der Waals surface area contributed by atoms with E-state index in [0.717, 1.165) is 11.8 Å². The molecule has 1 heterocycles. The molecule has 0 aliphatic carbocycles. The Labute approximate surface area is 131 Å². The van der Waals surface area contributed by atoms with Crippen molar-refractivity contribution in [3.05, 3.63) is 27.4 Å². The van der Waals surface area contributed by atoms with Crippen LogP contribution in [0.1, 0.15) is 30.6 Å². The van der Waals surface area contributed by atoms with E-state index in [-0.39, 0.29) is 34.2 Å². The van der Waals surface area contributed by atoms with Crippen LogP contribution in [0.25, 0.3) is 0 Å². The van der Waals surface area contributed by atoms with Crippen molar-refractivity contribution in [1.29, 1.82) is 0 Å². The molecule has 0 fully saturated rings. The van der Waals surface area contributed by atoms with Crippen molar-refractivity contribution in [2.75, 3.05) is 12.9 Å². The van der Waals surface area contributed by atoms with E-state index >= 15 is 0 Å². The van der Waals surface area contributed by atoms with Crippen LogP contribution in [-0.4, -0.2) is 44.2 Å². The minimum atomic E-state index is -1.33. The summed E-state index contributed by atoms with van der Waals surface area (Å²) in [5.74, 6) is 0.193. The molecule has 0 aliphatic rings. The number of aliphatic hydroxyl groups is 2. The van der Waals surface area contributed by atoms with Crippen molar-refractivity contribution >= 4 is 22.6 Å². The Morgan fingerprint density at radius 1 is 1.55 bits per heavy atom. The lowest BCUT2D eigenvalue weighted by Crippen LogP contribution is -2.20. The Kier molecular flexibility index (Phi) is 6.72. The zero-order valence-electron chi connectivity index (χ0n) is 12.5. The molecule has 0 aromatic carbocycles. The number of rotatable bonds is 7. The van der Waals surface area contributed by atoms with E-state index in [1.54, 1.807) is 0 Å². The van der Waals surface area contributed by atoms with Gasteiger partial charge in [0.15, 0.2) is 5.12 Å². The lowest BCUT2D eigenvalue weighted by atomic mass is 9.99. The first-order chi connectivity index (χ1) is 10.3. The number of nitro groups is 1. The van der Waals surface area contributed by atoms with Crippen LogP contribution < -0.4 is 4.74 Å². The highest BCUT2D eigenvalue weighted by molar-refractivity contribution is 8.13. The maximum atomic E-state index is 11.1. The monoisotopic (exact) mass is 330 g/mol. The number of aliphatic hydroxyl groups excluding tert-OH is 2. The van der Waals surface area contributed by atoms with Crippen LogP contribution in [0.3, 0.4) is 0 Å². The third-order valence-electron chi connectivity index (χ3n) is 3.09. The largest absolute Gasteiger partial charge is 0.476 e. The molecule has 8 nitrogen and oxygen atoms in total. The smallest absolute Gasteiger partial charge is 0.334 e. The number of pyridine rings is 1. The summed E-state index contributed by atoms with van der Waals surface area (Å²) in [6.07, 6.45) is -1.07. The van der Waals surface area contributed by atoms with Gasteiger partial charge in [0.05, 0.1) is 18.1 Å². The summed E-state index contributed by atoms with van der Waals surface area (Å²) in [6, 6.07) is 0. The fraction of sp³-hybridized carbons (Fsp3) is 0.538. The molecule has 2 N–H and O–H groups in total. The van der Waals surface area contributed by atoms with Gasteiger partial charge in [-0.3, -0.25) is 14.9 Å². The molecule has 0 saturated heterocycles. The van der Waals surface area contributed by atoms with Crippen LogP contribution in [0.2, 0.25) is 0 Å². The van der Waals surface area contributed by atoms with Gasteiger partial charge in [0.25, 0.3) is 5.88 Å². The Morgan fingerprint density at radius 2 is 2.18 bits per heavy atom. The second kappa shape index (κ2) is 8.06. The average Bonchev–Trinajstić information content (AvgIpc) is 2.45. The first-order valence-corrected chi connectivity index (χ1v) is 7.45. The average molecular weight is 330 g/mol. The van der Waals surface area contributed by atoms with Crippen molar-refractivity contribution in [3.8, 4) is 5.88 Å². The van der Waals surface area contributed by atoms with E-state index in [2.05, 4.69) is 4.98 Å². The summed E-state index contributed by atoms with van der Waals surface area (Å²) in [7, 11) is 1.26. The first-order valence-electron chi connectivity index (χ1n) is 6.47. The van der Waals surface area contributed by atoms with Crippen molar-refractivity contribution < 1.29 is 24.7 Å². The summed E-state index contributed by atoms with van der Waals surface area (Å²) in [5.41, 5.74) is -0.000179. The Bertz CT molecular complexity index is 566. The molecule has 22 heavy (non-hydrogen) atoms. The fourth-order valence-electron chi connectivity index (χ4n) is 1.93. The summed E-state index contributed by atoms with van der Waals surface area (Å²) in [4.78, 5) is 25.1. The predicted molar refractivity (Wildman–Crippen MR) is 80.9 cm³/mol. The van der Waals surface area contributed by atoms with Crippen LogP contribution in [0.15, 0.2) is 6.20 Å². The van der Waals surface area contributed by atoms with E-state index in [1.165, 1.54) is 27.2 Å². The molecular formula is C13H18N2O6S. The number of methoxy groups -OCH3 is 1. The molecule has 0 spiro atoms. The molecule has 2 unspecified atom stereocenters. The van der Waals surface area contributed by atoms with Crippen LogP contribution in [0.4, 0.5) is 5.69 Å². The van der Waals surface area contributed by atoms with Gasteiger partial charge in [0, 0.05) is 30.0 Å². The first kappa shape index (κ1) is 18.3. The van der Waals surface area contributed by atoms with Gasteiger partial charge >= 0.3 is 5.69 Å². The van der Waals surface area contributed by atoms with E-state index in [4.69, 9.17) is 4.74 Å². The molecular weight excluding hydrogens is 312 g/mol. The molecule has 0 radical (unpaired) electrons. The molecule has 0 saturated carbocycles. The van der Waals surface area contributed by atoms with Gasteiger partial charge in [-0.05, 0) is 13.3 Å². The Balaban J connectivity index is 2.98. The van der Waals surface area contributed by atoms with Gasteiger partial charge in [-0.2, -0.15) is 0 Å².